The average Bonchev–Trinajstić information content (AvgIpc) is 2.34. The van der Waals surface area contributed by atoms with Crippen LogP contribution >= 0.6 is 0 Å². The summed E-state index contributed by atoms with van der Waals surface area (Å²) in [7, 11) is 1.60. The summed E-state index contributed by atoms with van der Waals surface area (Å²) in [5, 5.41) is 2.77. The van der Waals surface area contributed by atoms with Gasteiger partial charge in [0.1, 0.15) is 11.4 Å². The fraction of sp³-hybridized carbons (Fsp3) is 0.533. The summed E-state index contributed by atoms with van der Waals surface area (Å²) in [6.07, 6.45) is -0.490. The van der Waals surface area contributed by atoms with Gasteiger partial charge in [0, 0.05) is 12.1 Å². The maximum absolute atomic E-state index is 11.8. The summed E-state index contributed by atoms with van der Waals surface area (Å²) in [6.45, 7) is 7.69. The van der Waals surface area contributed by atoms with Crippen LogP contribution in [-0.4, -0.2) is 25.3 Å². The lowest BCUT2D eigenvalue weighted by Gasteiger charge is -2.24. The molecule has 1 unspecified atom stereocenters. The van der Waals surface area contributed by atoms with E-state index in [1.807, 2.05) is 45.9 Å². The van der Waals surface area contributed by atoms with Crippen LogP contribution in [0.25, 0.3) is 0 Å². The Morgan fingerprint density at radius 1 is 1.40 bits per heavy atom. The number of carbonyl (C=O) groups is 1. The van der Waals surface area contributed by atoms with Gasteiger partial charge in [0.05, 0.1) is 13.2 Å². The largest absolute Gasteiger partial charge is 0.496 e. The molecule has 0 fully saturated rings. The van der Waals surface area contributed by atoms with Gasteiger partial charge in [-0.05, 0) is 39.3 Å². The number of amides is 1. The number of aryl methyl sites for hydroxylation is 1. The first kappa shape index (κ1) is 16.3. The molecule has 0 aliphatic heterocycles. The second-order valence-electron chi connectivity index (χ2n) is 5.68. The number of hydrogen-bond donors (Lipinski definition) is 2. The van der Waals surface area contributed by atoms with E-state index in [2.05, 4.69) is 5.32 Å². The summed E-state index contributed by atoms with van der Waals surface area (Å²) >= 11 is 0. The second-order valence-corrected chi connectivity index (χ2v) is 5.68. The minimum atomic E-state index is -0.541. The minimum Gasteiger partial charge on any atom is -0.496 e. The second kappa shape index (κ2) is 6.61. The molecule has 3 N–H and O–H groups in total. The standard InChI is InChI=1S/C15H24N2O3/c1-10-6-7-11(13(8-10)19-5)12(9-16)17-14(18)20-15(2,3)4/h6-8,12H,9,16H2,1-5H3,(H,17,18). The highest BCUT2D eigenvalue weighted by Gasteiger charge is 2.21. The molecule has 112 valence electrons. The van der Waals surface area contributed by atoms with Gasteiger partial charge in [-0.3, -0.25) is 0 Å². The molecule has 1 aromatic carbocycles. The summed E-state index contributed by atoms with van der Waals surface area (Å²) in [5.74, 6) is 0.705. The maximum atomic E-state index is 11.8. The van der Waals surface area contributed by atoms with Crippen molar-refractivity contribution in [3.8, 4) is 5.75 Å². The first-order valence-electron chi connectivity index (χ1n) is 6.61. The summed E-state index contributed by atoms with van der Waals surface area (Å²) in [5.41, 5.74) is 7.13. The van der Waals surface area contributed by atoms with Crippen molar-refractivity contribution in [2.45, 2.75) is 39.3 Å². The predicted molar refractivity (Wildman–Crippen MR) is 78.9 cm³/mol. The Morgan fingerprint density at radius 3 is 2.55 bits per heavy atom. The van der Waals surface area contributed by atoms with Gasteiger partial charge in [-0.15, -0.1) is 0 Å². The lowest BCUT2D eigenvalue weighted by atomic mass is 10.0. The molecule has 0 aliphatic rings. The quantitative estimate of drug-likeness (QED) is 0.889. The van der Waals surface area contributed by atoms with Crippen LogP contribution < -0.4 is 15.8 Å². The first-order valence-corrected chi connectivity index (χ1v) is 6.61. The number of rotatable bonds is 4. The highest BCUT2D eigenvalue weighted by molar-refractivity contribution is 5.68. The Bertz CT molecular complexity index is 467. The highest BCUT2D eigenvalue weighted by atomic mass is 16.6. The van der Waals surface area contributed by atoms with Gasteiger partial charge in [0.15, 0.2) is 0 Å². The van der Waals surface area contributed by atoms with E-state index in [0.29, 0.717) is 5.75 Å². The van der Waals surface area contributed by atoms with Crippen molar-refractivity contribution in [3.63, 3.8) is 0 Å². The molecule has 0 saturated heterocycles. The smallest absolute Gasteiger partial charge is 0.408 e. The van der Waals surface area contributed by atoms with Crippen LogP contribution in [0.1, 0.15) is 37.9 Å². The van der Waals surface area contributed by atoms with Crippen LogP contribution in [0.4, 0.5) is 4.79 Å². The third-order valence-electron chi connectivity index (χ3n) is 2.69. The van der Waals surface area contributed by atoms with Crippen molar-refractivity contribution < 1.29 is 14.3 Å². The van der Waals surface area contributed by atoms with Crippen LogP contribution in [0.2, 0.25) is 0 Å². The minimum absolute atomic E-state index is 0.263. The van der Waals surface area contributed by atoms with E-state index in [4.69, 9.17) is 15.2 Å². The molecule has 1 rings (SSSR count). The molecule has 0 heterocycles. The van der Waals surface area contributed by atoms with Crippen molar-refractivity contribution in [2.24, 2.45) is 5.73 Å². The Labute approximate surface area is 120 Å². The third kappa shape index (κ3) is 4.74. The lowest BCUT2D eigenvalue weighted by Crippen LogP contribution is -2.37. The van der Waals surface area contributed by atoms with Gasteiger partial charge in [0.25, 0.3) is 0 Å². The van der Waals surface area contributed by atoms with Gasteiger partial charge >= 0.3 is 6.09 Å². The number of benzene rings is 1. The van der Waals surface area contributed by atoms with E-state index in [-0.39, 0.29) is 12.6 Å². The molecule has 0 bridgehead atoms. The van der Waals surface area contributed by atoms with Gasteiger partial charge in [-0.2, -0.15) is 0 Å². The Morgan fingerprint density at radius 2 is 2.05 bits per heavy atom. The predicted octanol–water partition coefficient (Wildman–Crippen LogP) is 2.53. The van der Waals surface area contributed by atoms with Crippen molar-refractivity contribution in [2.75, 3.05) is 13.7 Å². The Kier molecular flexibility index (Phi) is 5.39. The normalized spacial score (nSPS) is 12.7. The van der Waals surface area contributed by atoms with E-state index in [1.165, 1.54) is 0 Å². The SMILES string of the molecule is COc1cc(C)ccc1C(CN)NC(=O)OC(C)(C)C. The molecule has 0 spiro atoms. The molecule has 0 radical (unpaired) electrons. The molecule has 1 amide bonds. The highest BCUT2D eigenvalue weighted by Crippen LogP contribution is 2.26. The maximum Gasteiger partial charge on any atom is 0.408 e. The van der Waals surface area contributed by atoms with Crippen molar-refractivity contribution in [1.82, 2.24) is 5.32 Å². The number of ether oxygens (including phenoxy) is 2. The van der Waals surface area contributed by atoms with Gasteiger partial charge in [-0.25, -0.2) is 4.79 Å². The number of hydrogen-bond acceptors (Lipinski definition) is 4. The van der Waals surface area contributed by atoms with E-state index in [1.54, 1.807) is 7.11 Å². The zero-order chi connectivity index (χ0) is 15.3. The molecule has 0 aliphatic carbocycles. The molecule has 1 aromatic rings. The fourth-order valence-corrected chi connectivity index (χ4v) is 1.82. The molecular formula is C15H24N2O3. The van der Waals surface area contributed by atoms with Gasteiger partial charge < -0.3 is 20.5 Å². The van der Waals surface area contributed by atoms with Crippen LogP contribution in [0.5, 0.6) is 5.75 Å². The first-order chi connectivity index (χ1) is 9.26. The average molecular weight is 280 g/mol. The van der Waals surface area contributed by atoms with E-state index in [9.17, 15) is 4.79 Å². The van der Waals surface area contributed by atoms with Gasteiger partial charge in [-0.1, -0.05) is 12.1 Å². The Balaban J connectivity index is 2.89. The van der Waals surface area contributed by atoms with Crippen LogP contribution in [0.15, 0.2) is 18.2 Å². The zero-order valence-corrected chi connectivity index (χ0v) is 12.8. The van der Waals surface area contributed by atoms with Crippen LogP contribution in [0.3, 0.4) is 0 Å². The molecule has 5 heteroatoms. The zero-order valence-electron chi connectivity index (χ0n) is 12.8. The monoisotopic (exact) mass is 280 g/mol. The van der Waals surface area contributed by atoms with Gasteiger partial charge in [0.2, 0.25) is 0 Å². The van der Waals surface area contributed by atoms with Crippen LogP contribution in [0, 0.1) is 6.92 Å². The third-order valence-corrected chi connectivity index (χ3v) is 2.69. The molecular weight excluding hydrogens is 256 g/mol. The molecule has 0 aromatic heterocycles. The van der Waals surface area contributed by atoms with E-state index < -0.39 is 11.7 Å². The number of nitrogens with two attached hydrogens (primary N) is 1. The number of methoxy groups -OCH3 is 1. The number of carbonyl (C=O) groups excluding carboxylic acids is 1. The summed E-state index contributed by atoms with van der Waals surface area (Å²) < 4.78 is 10.6. The van der Waals surface area contributed by atoms with Crippen molar-refractivity contribution >= 4 is 6.09 Å². The molecule has 20 heavy (non-hydrogen) atoms. The van der Waals surface area contributed by atoms with E-state index >= 15 is 0 Å². The van der Waals surface area contributed by atoms with Crippen molar-refractivity contribution in [1.29, 1.82) is 0 Å². The number of nitrogens with one attached hydrogen (secondary N) is 1. The van der Waals surface area contributed by atoms with Crippen LogP contribution in [-0.2, 0) is 4.74 Å². The topological polar surface area (TPSA) is 73.6 Å². The van der Waals surface area contributed by atoms with Crippen molar-refractivity contribution in [3.05, 3.63) is 29.3 Å². The lowest BCUT2D eigenvalue weighted by molar-refractivity contribution is 0.0505. The molecule has 5 nitrogen and oxygen atoms in total. The Hall–Kier alpha value is -1.75. The number of alkyl carbamates (subject to hydrolysis) is 1. The summed E-state index contributed by atoms with van der Waals surface area (Å²) in [4.78, 5) is 11.8. The van der Waals surface area contributed by atoms with E-state index in [0.717, 1.165) is 11.1 Å². The fourth-order valence-electron chi connectivity index (χ4n) is 1.82. The molecule has 1 atom stereocenters. The summed E-state index contributed by atoms with van der Waals surface area (Å²) in [6, 6.07) is 5.43. The molecule has 0 saturated carbocycles.